The van der Waals surface area contributed by atoms with Crippen LogP contribution in [0.2, 0.25) is 0 Å². The molecule has 126 valence electrons. The van der Waals surface area contributed by atoms with Crippen LogP contribution in [0.3, 0.4) is 0 Å². The Labute approximate surface area is 140 Å². The summed E-state index contributed by atoms with van der Waals surface area (Å²) in [5.41, 5.74) is 2.77. The van der Waals surface area contributed by atoms with Crippen LogP contribution in [0.5, 0.6) is 5.75 Å². The third-order valence-electron chi connectivity index (χ3n) is 7.84. The van der Waals surface area contributed by atoms with Gasteiger partial charge in [0.15, 0.2) is 0 Å². The van der Waals surface area contributed by atoms with Gasteiger partial charge in [-0.05, 0) is 91.4 Å². The van der Waals surface area contributed by atoms with Gasteiger partial charge >= 0.3 is 0 Å². The summed E-state index contributed by atoms with van der Waals surface area (Å²) >= 11 is 0. The number of hydrogen-bond acceptors (Lipinski definition) is 2. The lowest BCUT2D eigenvalue weighted by atomic mass is 9.53. The van der Waals surface area contributed by atoms with Gasteiger partial charge in [-0.15, -0.1) is 0 Å². The van der Waals surface area contributed by atoms with Crippen molar-refractivity contribution in [2.75, 3.05) is 7.11 Å². The monoisotopic (exact) mass is 314 g/mol. The average molecular weight is 314 g/mol. The number of fused-ring (bicyclic) bond motifs is 5. The smallest absolute Gasteiger partial charge is 0.119 e. The van der Waals surface area contributed by atoms with E-state index in [0.29, 0.717) is 11.8 Å². The molecule has 23 heavy (non-hydrogen) atoms. The second kappa shape index (κ2) is 5.24. The van der Waals surface area contributed by atoms with Crippen LogP contribution >= 0.6 is 0 Å². The quantitative estimate of drug-likeness (QED) is 0.858. The first-order valence-electron chi connectivity index (χ1n) is 9.41. The van der Waals surface area contributed by atoms with Crippen molar-refractivity contribution in [2.45, 2.75) is 70.3 Å². The molecule has 1 N–H and O–H groups in total. The second-order valence-corrected chi connectivity index (χ2v) is 8.36. The number of aliphatic hydroxyl groups is 1. The van der Waals surface area contributed by atoms with Gasteiger partial charge < -0.3 is 9.84 Å². The van der Waals surface area contributed by atoms with Crippen LogP contribution in [0.4, 0.5) is 0 Å². The van der Waals surface area contributed by atoms with Crippen LogP contribution in [-0.4, -0.2) is 17.8 Å². The Balaban J connectivity index is 1.68. The second-order valence-electron chi connectivity index (χ2n) is 8.36. The molecule has 1 aromatic carbocycles. The normalized spacial score (nSPS) is 41.8. The van der Waals surface area contributed by atoms with E-state index >= 15 is 0 Å². The number of hydrogen-bond donors (Lipinski definition) is 1. The Morgan fingerprint density at radius 3 is 2.78 bits per heavy atom. The molecule has 0 spiro atoms. The van der Waals surface area contributed by atoms with E-state index in [1.165, 1.54) is 37.7 Å². The Morgan fingerprint density at radius 2 is 2.04 bits per heavy atom. The zero-order valence-electron chi connectivity index (χ0n) is 14.8. The Hall–Kier alpha value is -1.02. The first-order chi connectivity index (χ1) is 11.0. The summed E-state index contributed by atoms with van der Waals surface area (Å²) in [5, 5.41) is 11.2. The zero-order chi connectivity index (χ0) is 16.2. The minimum Gasteiger partial charge on any atom is -0.497 e. The van der Waals surface area contributed by atoms with E-state index in [4.69, 9.17) is 4.74 Å². The van der Waals surface area contributed by atoms with Gasteiger partial charge in [-0.25, -0.2) is 0 Å². The van der Waals surface area contributed by atoms with Crippen LogP contribution < -0.4 is 4.74 Å². The van der Waals surface area contributed by atoms with Crippen LogP contribution in [-0.2, 0) is 6.42 Å². The molecular formula is C21H30O2. The maximum atomic E-state index is 11.2. The highest BCUT2D eigenvalue weighted by Crippen LogP contribution is 2.64. The largest absolute Gasteiger partial charge is 0.497 e. The maximum absolute atomic E-state index is 11.2. The summed E-state index contributed by atoms with van der Waals surface area (Å²) in [4.78, 5) is 0. The Bertz CT molecular complexity index is 610. The topological polar surface area (TPSA) is 29.5 Å². The van der Waals surface area contributed by atoms with Gasteiger partial charge in [0.2, 0.25) is 0 Å². The molecule has 0 radical (unpaired) electrons. The Morgan fingerprint density at radius 1 is 1.22 bits per heavy atom. The minimum atomic E-state index is -0.428. The fraction of sp³-hybridized carbons (Fsp3) is 0.714. The van der Waals surface area contributed by atoms with E-state index in [0.717, 1.165) is 24.5 Å². The van der Waals surface area contributed by atoms with Crippen molar-refractivity contribution in [1.29, 1.82) is 0 Å². The summed E-state index contributed by atoms with van der Waals surface area (Å²) in [5.74, 6) is 3.14. The lowest BCUT2D eigenvalue weighted by Gasteiger charge is -2.53. The maximum Gasteiger partial charge on any atom is 0.119 e. The number of methoxy groups -OCH3 is 1. The zero-order valence-corrected chi connectivity index (χ0v) is 14.8. The molecule has 1 aromatic rings. The molecule has 2 nitrogen and oxygen atoms in total. The number of ether oxygens (including phenoxy) is 1. The van der Waals surface area contributed by atoms with E-state index in [1.807, 2.05) is 0 Å². The van der Waals surface area contributed by atoms with Crippen LogP contribution in [0, 0.1) is 17.3 Å². The van der Waals surface area contributed by atoms with Crippen LogP contribution in [0.15, 0.2) is 18.2 Å². The molecular weight excluding hydrogens is 284 g/mol. The molecule has 0 aromatic heterocycles. The van der Waals surface area contributed by atoms with Crippen molar-refractivity contribution in [2.24, 2.45) is 17.3 Å². The van der Waals surface area contributed by atoms with E-state index in [2.05, 4.69) is 32.0 Å². The molecule has 0 bridgehead atoms. The summed E-state index contributed by atoms with van der Waals surface area (Å²) in [6.45, 7) is 4.55. The molecule has 4 rings (SSSR count). The van der Waals surface area contributed by atoms with Gasteiger partial charge in [-0.2, -0.15) is 0 Å². The highest BCUT2D eigenvalue weighted by molar-refractivity contribution is 5.40. The van der Waals surface area contributed by atoms with Gasteiger partial charge in [-0.3, -0.25) is 0 Å². The molecule has 2 fully saturated rings. The first kappa shape index (κ1) is 15.5. The van der Waals surface area contributed by atoms with Crippen molar-refractivity contribution < 1.29 is 9.84 Å². The molecule has 0 heterocycles. The third-order valence-corrected chi connectivity index (χ3v) is 7.84. The molecule has 2 heteroatoms. The van der Waals surface area contributed by atoms with E-state index in [-0.39, 0.29) is 5.41 Å². The molecule has 5 atom stereocenters. The van der Waals surface area contributed by atoms with Crippen molar-refractivity contribution in [3.8, 4) is 5.75 Å². The first-order valence-corrected chi connectivity index (χ1v) is 9.41. The molecule has 3 aliphatic carbocycles. The molecule has 3 aliphatic rings. The summed E-state index contributed by atoms with van der Waals surface area (Å²) in [7, 11) is 1.75. The summed E-state index contributed by atoms with van der Waals surface area (Å²) < 4.78 is 5.41. The minimum absolute atomic E-state index is 0.132. The van der Waals surface area contributed by atoms with E-state index in [1.54, 1.807) is 12.7 Å². The van der Waals surface area contributed by atoms with Gasteiger partial charge in [0.1, 0.15) is 5.75 Å². The van der Waals surface area contributed by atoms with Crippen LogP contribution in [0.1, 0.15) is 69.4 Å². The fourth-order valence-corrected chi connectivity index (χ4v) is 6.38. The van der Waals surface area contributed by atoms with Gasteiger partial charge in [-0.1, -0.05) is 19.9 Å². The highest BCUT2D eigenvalue weighted by atomic mass is 16.5. The third kappa shape index (κ3) is 2.03. The predicted octanol–water partition coefficient (Wildman–Crippen LogP) is 4.69. The van der Waals surface area contributed by atoms with Crippen LogP contribution in [0.25, 0.3) is 0 Å². The van der Waals surface area contributed by atoms with Gasteiger partial charge in [0, 0.05) is 0 Å². The molecule has 0 aliphatic heterocycles. The highest BCUT2D eigenvalue weighted by Gasteiger charge is 2.60. The number of aryl methyl sites for hydroxylation is 1. The number of benzene rings is 1. The Kier molecular flexibility index (Phi) is 3.53. The van der Waals surface area contributed by atoms with E-state index in [9.17, 15) is 5.11 Å². The summed E-state index contributed by atoms with van der Waals surface area (Å²) in [6, 6.07) is 6.69. The molecule has 2 saturated carbocycles. The molecule has 0 saturated heterocycles. The van der Waals surface area contributed by atoms with Gasteiger partial charge in [0.05, 0.1) is 12.7 Å². The van der Waals surface area contributed by atoms with E-state index < -0.39 is 5.60 Å². The molecule has 0 unspecified atom stereocenters. The SMILES string of the molecule is CC[C@]1(O)CC[C@@H]2[C@@H]3CCc4cc(OC)ccc4[C@H]3CC[C@@]21C. The summed E-state index contributed by atoms with van der Waals surface area (Å²) in [6.07, 6.45) is 7.99. The van der Waals surface area contributed by atoms with Crippen molar-refractivity contribution in [1.82, 2.24) is 0 Å². The standard InChI is InChI=1S/C21H30O2/c1-4-21(22)12-10-19-18-7-5-14-13-15(23-3)6-8-16(14)17(18)9-11-20(19,21)2/h6,8,13,17-19,22H,4-5,7,9-12H2,1-3H3/t17-,18-,19-,20+,21+/m1/s1. The lowest BCUT2D eigenvalue weighted by Crippen LogP contribution is -2.50. The fourth-order valence-electron chi connectivity index (χ4n) is 6.38. The molecule has 0 amide bonds. The van der Waals surface area contributed by atoms with Crippen molar-refractivity contribution >= 4 is 0 Å². The van der Waals surface area contributed by atoms with Crippen molar-refractivity contribution in [3.63, 3.8) is 0 Å². The average Bonchev–Trinajstić information content (AvgIpc) is 2.86. The van der Waals surface area contributed by atoms with Gasteiger partial charge in [0.25, 0.3) is 0 Å². The van der Waals surface area contributed by atoms with Crippen molar-refractivity contribution in [3.05, 3.63) is 29.3 Å². The predicted molar refractivity (Wildman–Crippen MR) is 92.9 cm³/mol. The lowest BCUT2D eigenvalue weighted by molar-refractivity contribution is -0.104. The number of rotatable bonds is 2.